The van der Waals surface area contributed by atoms with Crippen molar-refractivity contribution in [3.8, 4) is 6.07 Å². The summed E-state index contributed by atoms with van der Waals surface area (Å²) in [5.74, 6) is 0.226. The summed E-state index contributed by atoms with van der Waals surface area (Å²) in [6.07, 6.45) is 2.39. The van der Waals surface area contributed by atoms with Crippen LogP contribution in [0.1, 0.15) is 12.0 Å². The molecule has 25 heavy (non-hydrogen) atoms. The van der Waals surface area contributed by atoms with Gasteiger partial charge in [-0.15, -0.1) is 11.8 Å². The van der Waals surface area contributed by atoms with Gasteiger partial charge in [0.15, 0.2) is 0 Å². The molecule has 0 aliphatic carbocycles. The van der Waals surface area contributed by atoms with E-state index in [4.69, 9.17) is 5.26 Å². The van der Waals surface area contributed by atoms with Gasteiger partial charge in [0.05, 0.1) is 18.2 Å². The number of carbonyl (C=O) groups excluding carboxylic acids is 1. The normalized spacial score (nSPS) is 10.6. The molecule has 6 heteroatoms. The molecule has 4 nitrogen and oxygen atoms in total. The summed E-state index contributed by atoms with van der Waals surface area (Å²) in [4.78, 5) is 16.3. The van der Waals surface area contributed by atoms with Crippen LogP contribution in [0.5, 0.6) is 0 Å². The van der Waals surface area contributed by atoms with E-state index in [1.165, 1.54) is 12.1 Å². The van der Waals surface area contributed by atoms with Gasteiger partial charge in [0.25, 0.3) is 0 Å². The molecule has 3 aromatic rings. The molecule has 2 aromatic carbocycles. The van der Waals surface area contributed by atoms with Gasteiger partial charge >= 0.3 is 0 Å². The molecular formula is C19H16FN3OS. The minimum absolute atomic E-state index is 0.140. The zero-order valence-electron chi connectivity index (χ0n) is 13.4. The van der Waals surface area contributed by atoms with Crippen molar-refractivity contribution in [3.63, 3.8) is 0 Å². The molecule has 1 aromatic heterocycles. The molecule has 1 amide bonds. The number of benzene rings is 2. The second-order valence-corrected chi connectivity index (χ2v) is 6.62. The molecule has 0 atom stereocenters. The smallest absolute Gasteiger partial charge is 0.228 e. The second kappa shape index (κ2) is 7.86. The van der Waals surface area contributed by atoms with Crippen molar-refractivity contribution in [2.45, 2.75) is 17.7 Å². The highest BCUT2D eigenvalue weighted by Gasteiger charge is 2.11. The van der Waals surface area contributed by atoms with Crippen molar-refractivity contribution in [1.29, 1.82) is 5.26 Å². The Kier molecular flexibility index (Phi) is 5.36. The summed E-state index contributed by atoms with van der Waals surface area (Å²) in [5.41, 5.74) is 2.23. The molecule has 0 spiro atoms. The molecule has 1 heterocycles. The van der Waals surface area contributed by atoms with Crippen LogP contribution >= 0.6 is 11.8 Å². The number of hydrogen-bond donors (Lipinski definition) is 2. The first kappa shape index (κ1) is 17.1. The molecule has 0 fully saturated rings. The van der Waals surface area contributed by atoms with Gasteiger partial charge in [-0.1, -0.05) is 12.1 Å². The van der Waals surface area contributed by atoms with E-state index in [0.717, 1.165) is 21.5 Å². The predicted octanol–water partition coefficient (Wildman–Crippen LogP) is 4.49. The number of aromatic amines is 1. The number of thioether (sulfide) groups is 1. The van der Waals surface area contributed by atoms with Gasteiger partial charge < -0.3 is 10.3 Å². The maximum Gasteiger partial charge on any atom is 0.228 e. The van der Waals surface area contributed by atoms with Crippen LogP contribution in [0.25, 0.3) is 10.9 Å². The van der Waals surface area contributed by atoms with Gasteiger partial charge in [-0.05, 0) is 35.9 Å². The van der Waals surface area contributed by atoms with Crippen molar-refractivity contribution >= 4 is 34.3 Å². The first-order valence-electron chi connectivity index (χ1n) is 7.81. The topological polar surface area (TPSA) is 68.7 Å². The molecule has 126 valence electrons. The lowest BCUT2D eigenvalue weighted by Crippen LogP contribution is -2.14. The number of aromatic nitrogens is 1. The zero-order chi connectivity index (χ0) is 17.6. The monoisotopic (exact) mass is 353 g/mol. The van der Waals surface area contributed by atoms with E-state index in [1.807, 2.05) is 24.3 Å². The Labute approximate surface area is 149 Å². The van der Waals surface area contributed by atoms with Crippen molar-refractivity contribution < 1.29 is 9.18 Å². The van der Waals surface area contributed by atoms with Crippen LogP contribution in [0.4, 0.5) is 10.1 Å². The number of amides is 1. The van der Waals surface area contributed by atoms with Crippen LogP contribution in [0.15, 0.2) is 53.6 Å². The third-order valence-electron chi connectivity index (χ3n) is 3.71. The van der Waals surface area contributed by atoms with Crippen LogP contribution in [-0.4, -0.2) is 16.6 Å². The van der Waals surface area contributed by atoms with Crippen LogP contribution in [0, 0.1) is 17.1 Å². The fraction of sp³-hybridized carbons (Fsp3) is 0.158. The van der Waals surface area contributed by atoms with Gasteiger partial charge in [0.2, 0.25) is 5.91 Å². The van der Waals surface area contributed by atoms with E-state index in [9.17, 15) is 9.18 Å². The van der Waals surface area contributed by atoms with Gasteiger partial charge in [-0.25, -0.2) is 4.39 Å². The number of anilines is 1. The molecule has 0 aliphatic rings. The van der Waals surface area contributed by atoms with Crippen LogP contribution < -0.4 is 5.32 Å². The summed E-state index contributed by atoms with van der Waals surface area (Å²) in [6.45, 7) is 0. The van der Waals surface area contributed by atoms with Gasteiger partial charge in [-0.2, -0.15) is 5.26 Å². The van der Waals surface area contributed by atoms with Gasteiger partial charge in [-0.3, -0.25) is 4.79 Å². The standard InChI is InChI=1S/C19H16FN3OS/c20-14-6-7-15-13(12-22-17(15)11-14)10-19(24)23-16-4-1-2-5-18(16)25-9-3-8-21/h1-2,4-7,11-12,22H,3,9-10H2,(H,23,24). The highest BCUT2D eigenvalue weighted by molar-refractivity contribution is 7.99. The molecule has 3 rings (SSSR count). The Morgan fingerprint density at radius 1 is 1.28 bits per heavy atom. The number of carbonyl (C=O) groups is 1. The van der Waals surface area contributed by atoms with Crippen LogP contribution in [0.2, 0.25) is 0 Å². The fourth-order valence-electron chi connectivity index (χ4n) is 2.57. The zero-order valence-corrected chi connectivity index (χ0v) is 14.2. The van der Waals surface area contributed by atoms with E-state index in [1.54, 1.807) is 24.0 Å². The van der Waals surface area contributed by atoms with Crippen molar-refractivity contribution in [3.05, 3.63) is 60.0 Å². The Bertz CT molecular complexity index is 945. The number of nitrogens with zero attached hydrogens (tertiary/aromatic N) is 1. The van der Waals surface area contributed by atoms with E-state index in [2.05, 4.69) is 16.4 Å². The molecule has 0 saturated carbocycles. The number of para-hydroxylation sites is 1. The largest absolute Gasteiger partial charge is 0.361 e. The SMILES string of the molecule is N#CCCSc1ccccc1NC(=O)Cc1c[nH]c2cc(F)ccc12. The third kappa shape index (κ3) is 4.20. The van der Waals surface area contributed by atoms with E-state index in [-0.39, 0.29) is 18.1 Å². The van der Waals surface area contributed by atoms with Crippen molar-refractivity contribution in [1.82, 2.24) is 4.98 Å². The minimum Gasteiger partial charge on any atom is -0.361 e. The summed E-state index contributed by atoms with van der Waals surface area (Å²) >= 11 is 1.54. The lowest BCUT2D eigenvalue weighted by atomic mass is 10.1. The Morgan fingerprint density at radius 2 is 2.12 bits per heavy atom. The van der Waals surface area contributed by atoms with E-state index < -0.39 is 0 Å². The quantitative estimate of drug-likeness (QED) is 0.507. The average molecular weight is 353 g/mol. The Morgan fingerprint density at radius 3 is 2.96 bits per heavy atom. The first-order chi connectivity index (χ1) is 12.2. The number of hydrogen-bond acceptors (Lipinski definition) is 3. The average Bonchev–Trinajstić information content (AvgIpc) is 2.98. The highest BCUT2D eigenvalue weighted by Crippen LogP contribution is 2.28. The van der Waals surface area contributed by atoms with E-state index in [0.29, 0.717) is 17.7 Å². The number of halogens is 1. The Hall–Kier alpha value is -2.78. The number of rotatable bonds is 6. The molecule has 0 bridgehead atoms. The lowest BCUT2D eigenvalue weighted by molar-refractivity contribution is -0.115. The molecule has 0 saturated heterocycles. The van der Waals surface area contributed by atoms with Crippen molar-refractivity contribution in [2.75, 3.05) is 11.1 Å². The van der Waals surface area contributed by atoms with Crippen LogP contribution in [0.3, 0.4) is 0 Å². The maximum atomic E-state index is 13.2. The summed E-state index contributed by atoms with van der Waals surface area (Å²) < 4.78 is 13.2. The third-order valence-corrected chi connectivity index (χ3v) is 4.79. The Balaban J connectivity index is 1.71. The number of fused-ring (bicyclic) bond motifs is 1. The second-order valence-electron chi connectivity index (χ2n) is 5.48. The molecular weight excluding hydrogens is 337 g/mol. The predicted molar refractivity (Wildman–Crippen MR) is 98.0 cm³/mol. The maximum absolute atomic E-state index is 13.2. The number of nitrogens with one attached hydrogen (secondary N) is 2. The molecule has 0 radical (unpaired) electrons. The van der Waals surface area contributed by atoms with Gasteiger partial charge in [0, 0.05) is 34.2 Å². The van der Waals surface area contributed by atoms with Gasteiger partial charge in [0.1, 0.15) is 5.82 Å². The summed E-state index contributed by atoms with van der Waals surface area (Å²) in [5, 5.41) is 12.4. The fourth-order valence-corrected chi connectivity index (χ4v) is 3.44. The lowest BCUT2D eigenvalue weighted by Gasteiger charge is -2.10. The van der Waals surface area contributed by atoms with Crippen LogP contribution in [-0.2, 0) is 11.2 Å². The van der Waals surface area contributed by atoms with Crippen molar-refractivity contribution in [2.24, 2.45) is 0 Å². The molecule has 2 N–H and O–H groups in total. The summed E-state index contributed by atoms with van der Waals surface area (Å²) in [6, 6.07) is 14.1. The highest BCUT2D eigenvalue weighted by atomic mass is 32.2. The summed E-state index contributed by atoms with van der Waals surface area (Å²) in [7, 11) is 0. The molecule has 0 unspecified atom stereocenters. The molecule has 0 aliphatic heterocycles. The van der Waals surface area contributed by atoms with E-state index >= 15 is 0 Å². The number of nitriles is 1. The number of H-pyrrole nitrogens is 1. The first-order valence-corrected chi connectivity index (χ1v) is 8.80. The minimum atomic E-state index is -0.311.